The fourth-order valence-electron chi connectivity index (χ4n) is 1.07. The molecule has 0 unspecified atom stereocenters. The SMILES string of the molecule is Cc1cnc(N[C@H](C)C(=O)O)c([N+](=O)[O-])c1. The molecule has 0 saturated heterocycles. The average Bonchev–Trinajstić information content (AvgIpc) is 2.20. The van der Waals surface area contributed by atoms with Gasteiger partial charge in [0.25, 0.3) is 0 Å². The molecule has 1 rings (SSSR count). The third-order valence-corrected chi connectivity index (χ3v) is 1.92. The first kappa shape index (κ1) is 11.9. The van der Waals surface area contributed by atoms with Crippen molar-refractivity contribution in [2.45, 2.75) is 19.9 Å². The minimum atomic E-state index is -1.10. The molecule has 0 aliphatic carbocycles. The monoisotopic (exact) mass is 225 g/mol. The molecule has 2 N–H and O–H groups in total. The molecule has 1 aromatic rings. The van der Waals surface area contributed by atoms with Crippen LogP contribution in [-0.4, -0.2) is 27.0 Å². The first-order valence-corrected chi connectivity index (χ1v) is 4.52. The fourth-order valence-corrected chi connectivity index (χ4v) is 1.07. The van der Waals surface area contributed by atoms with Crippen molar-refractivity contribution in [2.75, 3.05) is 5.32 Å². The van der Waals surface area contributed by atoms with Gasteiger partial charge in [-0.3, -0.25) is 14.9 Å². The van der Waals surface area contributed by atoms with Crippen molar-refractivity contribution >= 4 is 17.5 Å². The first-order chi connectivity index (χ1) is 7.41. The Balaban J connectivity index is 3.04. The number of hydrogen-bond acceptors (Lipinski definition) is 5. The molecule has 1 heterocycles. The van der Waals surface area contributed by atoms with E-state index in [0.717, 1.165) is 0 Å². The topological polar surface area (TPSA) is 105 Å². The van der Waals surface area contributed by atoms with Crippen molar-refractivity contribution in [2.24, 2.45) is 0 Å². The van der Waals surface area contributed by atoms with E-state index in [4.69, 9.17) is 5.11 Å². The van der Waals surface area contributed by atoms with E-state index in [1.165, 1.54) is 19.2 Å². The maximum atomic E-state index is 10.7. The van der Waals surface area contributed by atoms with Crippen LogP contribution in [0.4, 0.5) is 11.5 Å². The Morgan fingerprint density at radius 3 is 2.81 bits per heavy atom. The predicted molar refractivity (Wildman–Crippen MR) is 56.3 cm³/mol. The lowest BCUT2D eigenvalue weighted by molar-refractivity contribution is -0.384. The summed E-state index contributed by atoms with van der Waals surface area (Å²) >= 11 is 0. The number of pyridine rings is 1. The summed E-state index contributed by atoms with van der Waals surface area (Å²) in [6.07, 6.45) is 1.43. The second-order valence-corrected chi connectivity index (χ2v) is 3.34. The van der Waals surface area contributed by atoms with Gasteiger partial charge in [-0.2, -0.15) is 0 Å². The Bertz CT molecular complexity index is 433. The Hall–Kier alpha value is -2.18. The van der Waals surface area contributed by atoms with Crippen LogP contribution in [0.15, 0.2) is 12.3 Å². The van der Waals surface area contributed by atoms with Gasteiger partial charge in [-0.05, 0) is 19.4 Å². The van der Waals surface area contributed by atoms with Crippen LogP contribution in [0.25, 0.3) is 0 Å². The van der Waals surface area contributed by atoms with Crippen LogP contribution in [0.5, 0.6) is 0 Å². The fraction of sp³-hybridized carbons (Fsp3) is 0.333. The highest BCUT2D eigenvalue weighted by atomic mass is 16.6. The van der Waals surface area contributed by atoms with E-state index >= 15 is 0 Å². The van der Waals surface area contributed by atoms with E-state index in [-0.39, 0.29) is 11.5 Å². The average molecular weight is 225 g/mol. The van der Waals surface area contributed by atoms with E-state index in [2.05, 4.69) is 10.3 Å². The van der Waals surface area contributed by atoms with Crippen molar-refractivity contribution in [1.82, 2.24) is 4.98 Å². The number of aliphatic carboxylic acids is 1. The molecule has 86 valence electrons. The molecule has 0 bridgehead atoms. The first-order valence-electron chi connectivity index (χ1n) is 4.52. The lowest BCUT2D eigenvalue weighted by Gasteiger charge is -2.09. The van der Waals surface area contributed by atoms with Gasteiger partial charge in [-0.15, -0.1) is 0 Å². The van der Waals surface area contributed by atoms with Crippen LogP contribution in [0, 0.1) is 17.0 Å². The predicted octanol–water partition coefficient (Wildman–Crippen LogP) is 1.18. The van der Waals surface area contributed by atoms with Gasteiger partial charge in [0.15, 0.2) is 0 Å². The zero-order valence-corrected chi connectivity index (χ0v) is 8.80. The lowest BCUT2D eigenvalue weighted by atomic mass is 10.2. The van der Waals surface area contributed by atoms with Gasteiger partial charge < -0.3 is 10.4 Å². The highest BCUT2D eigenvalue weighted by molar-refractivity contribution is 5.77. The molecule has 7 heteroatoms. The van der Waals surface area contributed by atoms with Crippen molar-refractivity contribution in [3.63, 3.8) is 0 Å². The zero-order valence-electron chi connectivity index (χ0n) is 8.80. The number of hydrogen-bond donors (Lipinski definition) is 2. The summed E-state index contributed by atoms with van der Waals surface area (Å²) < 4.78 is 0. The summed E-state index contributed by atoms with van der Waals surface area (Å²) in [7, 11) is 0. The van der Waals surface area contributed by atoms with Gasteiger partial charge in [0, 0.05) is 12.3 Å². The number of nitrogens with one attached hydrogen (secondary N) is 1. The molecule has 7 nitrogen and oxygen atoms in total. The quantitative estimate of drug-likeness (QED) is 0.588. The van der Waals surface area contributed by atoms with Gasteiger partial charge in [-0.25, -0.2) is 4.98 Å². The highest BCUT2D eigenvalue weighted by Crippen LogP contribution is 2.22. The molecule has 0 amide bonds. The molecule has 0 aromatic carbocycles. The van der Waals surface area contributed by atoms with Crippen LogP contribution < -0.4 is 5.32 Å². The Morgan fingerprint density at radius 2 is 2.31 bits per heavy atom. The van der Waals surface area contributed by atoms with Gasteiger partial charge in [-0.1, -0.05) is 0 Å². The molecule has 0 fully saturated rings. The molecule has 16 heavy (non-hydrogen) atoms. The number of rotatable bonds is 4. The second-order valence-electron chi connectivity index (χ2n) is 3.34. The van der Waals surface area contributed by atoms with Crippen LogP contribution >= 0.6 is 0 Å². The van der Waals surface area contributed by atoms with Gasteiger partial charge in [0.1, 0.15) is 6.04 Å². The molecule has 0 spiro atoms. The number of anilines is 1. The number of nitrogens with zero attached hydrogens (tertiary/aromatic N) is 2. The highest BCUT2D eigenvalue weighted by Gasteiger charge is 2.19. The van der Waals surface area contributed by atoms with E-state index in [0.29, 0.717) is 5.56 Å². The van der Waals surface area contributed by atoms with Crippen molar-refractivity contribution in [3.8, 4) is 0 Å². The molecule has 0 saturated carbocycles. The largest absolute Gasteiger partial charge is 0.480 e. The molecule has 1 atom stereocenters. The number of aromatic nitrogens is 1. The number of carbonyl (C=O) groups is 1. The maximum Gasteiger partial charge on any atom is 0.325 e. The Kier molecular flexibility index (Phi) is 3.39. The van der Waals surface area contributed by atoms with Crippen molar-refractivity contribution in [1.29, 1.82) is 0 Å². The van der Waals surface area contributed by atoms with Crippen LogP contribution in [-0.2, 0) is 4.79 Å². The van der Waals surface area contributed by atoms with Crippen molar-refractivity contribution < 1.29 is 14.8 Å². The number of nitro groups is 1. The third kappa shape index (κ3) is 2.66. The maximum absolute atomic E-state index is 10.7. The second kappa shape index (κ2) is 4.56. The molecule has 1 aromatic heterocycles. The normalized spacial score (nSPS) is 11.9. The summed E-state index contributed by atoms with van der Waals surface area (Å²) in [6, 6.07) is 0.401. The zero-order chi connectivity index (χ0) is 12.3. The molecule has 0 radical (unpaired) electrons. The molecular formula is C9H11N3O4. The van der Waals surface area contributed by atoms with Crippen LogP contribution in [0.1, 0.15) is 12.5 Å². The van der Waals surface area contributed by atoms with E-state index < -0.39 is 16.9 Å². The third-order valence-electron chi connectivity index (χ3n) is 1.92. The minimum absolute atomic E-state index is 0.0366. The van der Waals surface area contributed by atoms with Gasteiger partial charge in [0.05, 0.1) is 4.92 Å². The van der Waals surface area contributed by atoms with Crippen LogP contribution in [0.2, 0.25) is 0 Å². The van der Waals surface area contributed by atoms with E-state index in [1.807, 2.05) is 0 Å². The number of carboxylic acid groups (broad SMARTS) is 1. The molecular weight excluding hydrogens is 214 g/mol. The summed E-state index contributed by atoms with van der Waals surface area (Å²) in [5.74, 6) is -1.14. The van der Waals surface area contributed by atoms with E-state index in [9.17, 15) is 14.9 Å². The van der Waals surface area contributed by atoms with Gasteiger partial charge >= 0.3 is 11.7 Å². The molecule has 0 aliphatic heterocycles. The number of aryl methyl sites for hydroxylation is 1. The Labute approximate surface area is 91.3 Å². The van der Waals surface area contributed by atoms with Crippen LogP contribution in [0.3, 0.4) is 0 Å². The van der Waals surface area contributed by atoms with Crippen molar-refractivity contribution in [3.05, 3.63) is 27.9 Å². The smallest absolute Gasteiger partial charge is 0.325 e. The van der Waals surface area contributed by atoms with Gasteiger partial charge in [0.2, 0.25) is 5.82 Å². The Morgan fingerprint density at radius 1 is 1.69 bits per heavy atom. The van der Waals surface area contributed by atoms with E-state index in [1.54, 1.807) is 6.92 Å². The summed E-state index contributed by atoms with van der Waals surface area (Å²) in [5.41, 5.74) is 0.410. The minimum Gasteiger partial charge on any atom is -0.480 e. The molecule has 0 aliphatic rings. The summed E-state index contributed by atoms with van der Waals surface area (Å²) in [5, 5.41) is 21.8. The standard InChI is InChI=1S/C9H11N3O4/c1-5-3-7(12(15)16)8(10-4-5)11-6(2)9(13)14/h3-4,6H,1-2H3,(H,10,11)(H,13,14)/t6-/m1/s1. The summed E-state index contributed by atoms with van der Waals surface area (Å²) in [6.45, 7) is 3.05. The summed E-state index contributed by atoms with van der Waals surface area (Å²) in [4.78, 5) is 24.5. The lowest BCUT2D eigenvalue weighted by Crippen LogP contribution is -2.26. The number of carboxylic acids is 1.